The first-order chi connectivity index (χ1) is 8.36. The van der Waals surface area contributed by atoms with Gasteiger partial charge in [-0.25, -0.2) is 0 Å². The average molecular weight is 224 g/mol. The van der Waals surface area contributed by atoms with Crippen molar-refractivity contribution in [3.8, 4) is 5.75 Å². The Balaban J connectivity index is 2.04. The summed E-state index contributed by atoms with van der Waals surface area (Å²) in [6.07, 6.45) is 3.19. The van der Waals surface area contributed by atoms with Crippen molar-refractivity contribution < 1.29 is 5.11 Å². The highest BCUT2D eigenvalue weighted by Crippen LogP contribution is 2.12. The van der Waals surface area contributed by atoms with E-state index in [2.05, 4.69) is 10.2 Å². The first-order valence-electron chi connectivity index (χ1n) is 5.26. The Hall–Kier alpha value is -2.42. The van der Waals surface area contributed by atoms with E-state index < -0.39 is 0 Å². The molecule has 0 heterocycles. The second-order valence-electron chi connectivity index (χ2n) is 3.46. The zero-order valence-electron chi connectivity index (χ0n) is 9.19. The van der Waals surface area contributed by atoms with Crippen molar-refractivity contribution in [1.82, 2.24) is 0 Å². The molecule has 3 heteroatoms. The molecule has 1 N–H and O–H groups in total. The number of rotatable bonds is 3. The van der Waals surface area contributed by atoms with E-state index in [1.54, 1.807) is 24.4 Å². The van der Waals surface area contributed by atoms with E-state index in [9.17, 15) is 5.11 Å². The van der Waals surface area contributed by atoms with E-state index in [1.165, 1.54) is 6.21 Å². The fourth-order valence-electron chi connectivity index (χ4n) is 1.33. The van der Waals surface area contributed by atoms with Crippen molar-refractivity contribution in [3.05, 3.63) is 65.7 Å². The minimum absolute atomic E-state index is 0.200. The van der Waals surface area contributed by atoms with Crippen molar-refractivity contribution in [2.45, 2.75) is 0 Å². The Morgan fingerprint density at radius 2 is 1.41 bits per heavy atom. The van der Waals surface area contributed by atoms with Crippen LogP contribution in [0.3, 0.4) is 0 Å². The molecule has 0 unspecified atom stereocenters. The van der Waals surface area contributed by atoms with Gasteiger partial charge in [0.2, 0.25) is 0 Å². The number of para-hydroxylation sites is 1. The van der Waals surface area contributed by atoms with Gasteiger partial charge >= 0.3 is 0 Å². The molecular formula is C14H12N2O. The smallest absolute Gasteiger partial charge is 0.124 e. The summed E-state index contributed by atoms with van der Waals surface area (Å²) in [6.45, 7) is 0. The van der Waals surface area contributed by atoms with Gasteiger partial charge in [-0.2, -0.15) is 10.2 Å². The Kier molecular flexibility index (Phi) is 3.65. The standard InChI is InChI=1S/C14H12N2O/c17-14-9-5-4-8-13(14)11-16-15-10-12-6-2-1-3-7-12/h1-11,17H/b15-10-,16-11+. The maximum atomic E-state index is 9.48. The number of phenolic OH excluding ortho intramolecular Hbond substituents is 1. The molecule has 17 heavy (non-hydrogen) atoms. The fourth-order valence-corrected chi connectivity index (χ4v) is 1.33. The van der Waals surface area contributed by atoms with Gasteiger partial charge in [-0.3, -0.25) is 0 Å². The Bertz CT molecular complexity index is 533. The molecule has 0 aliphatic carbocycles. The van der Waals surface area contributed by atoms with Gasteiger partial charge in [0.05, 0.1) is 12.4 Å². The quantitative estimate of drug-likeness (QED) is 0.632. The van der Waals surface area contributed by atoms with Crippen LogP contribution in [0, 0.1) is 0 Å². The van der Waals surface area contributed by atoms with Crippen LogP contribution in [0.2, 0.25) is 0 Å². The first-order valence-corrected chi connectivity index (χ1v) is 5.26. The molecule has 0 aliphatic heterocycles. The summed E-state index contributed by atoms with van der Waals surface area (Å²) in [7, 11) is 0. The molecule has 84 valence electrons. The van der Waals surface area contributed by atoms with Crippen LogP contribution >= 0.6 is 0 Å². The van der Waals surface area contributed by atoms with Gasteiger partial charge in [0.15, 0.2) is 0 Å². The largest absolute Gasteiger partial charge is 0.507 e. The molecule has 3 nitrogen and oxygen atoms in total. The van der Waals surface area contributed by atoms with Crippen LogP contribution in [-0.4, -0.2) is 17.5 Å². The van der Waals surface area contributed by atoms with Crippen LogP contribution < -0.4 is 0 Å². The Morgan fingerprint density at radius 3 is 2.18 bits per heavy atom. The van der Waals surface area contributed by atoms with Crippen molar-refractivity contribution in [1.29, 1.82) is 0 Å². The highest BCUT2D eigenvalue weighted by molar-refractivity contribution is 5.84. The molecule has 0 bridgehead atoms. The zero-order valence-corrected chi connectivity index (χ0v) is 9.19. The summed E-state index contributed by atoms with van der Waals surface area (Å²) >= 11 is 0. The molecule has 0 aliphatic rings. The molecule has 0 radical (unpaired) electrons. The van der Waals surface area contributed by atoms with Crippen LogP contribution in [0.1, 0.15) is 11.1 Å². The van der Waals surface area contributed by atoms with Gasteiger partial charge in [-0.15, -0.1) is 0 Å². The summed E-state index contributed by atoms with van der Waals surface area (Å²) in [5, 5.41) is 17.3. The second-order valence-corrected chi connectivity index (χ2v) is 3.46. The van der Waals surface area contributed by atoms with Gasteiger partial charge in [-0.05, 0) is 17.7 Å². The molecule has 0 amide bonds. The molecule has 0 aromatic heterocycles. The van der Waals surface area contributed by atoms with Crippen molar-refractivity contribution in [2.24, 2.45) is 10.2 Å². The van der Waals surface area contributed by atoms with Crippen LogP contribution in [-0.2, 0) is 0 Å². The summed E-state index contributed by atoms with van der Waals surface area (Å²) in [5.74, 6) is 0.200. The molecule has 2 aromatic carbocycles. The second kappa shape index (κ2) is 5.61. The van der Waals surface area contributed by atoms with Crippen LogP contribution in [0.15, 0.2) is 64.8 Å². The number of nitrogens with zero attached hydrogens (tertiary/aromatic N) is 2. The lowest BCUT2D eigenvalue weighted by Gasteiger charge is -1.94. The number of aromatic hydroxyl groups is 1. The number of phenols is 1. The Labute approximate surface area is 99.8 Å². The maximum Gasteiger partial charge on any atom is 0.124 e. The van der Waals surface area contributed by atoms with Crippen LogP contribution in [0.25, 0.3) is 0 Å². The average Bonchev–Trinajstić information content (AvgIpc) is 2.38. The van der Waals surface area contributed by atoms with Gasteiger partial charge in [0, 0.05) is 5.56 Å². The number of hydrogen-bond donors (Lipinski definition) is 1. The van der Waals surface area contributed by atoms with E-state index in [1.807, 2.05) is 36.4 Å². The fraction of sp³-hybridized carbons (Fsp3) is 0. The van der Waals surface area contributed by atoms with E-state index in [4.69, 9.17) is 0 Å². The van der Waals surface area contributed by atoms with Crippen LogP contribution in [0.5, 0.6) is 5.75 Å². The third-order valence-corrected chi connectivity index (χ3v) is 2.21. The lowest BCUT2D eigenvalue weighted by molar-refractivity contribution is 0.474. The normalized spacial score (nSPS) is 11.3. The Morgan fingerprint density at radius 1 is 0.765 bits per heavy atom. The van der Waals surface area contributed by atoms with E-state index in [0.29, 0.717) is 5.56 Å². The van der Waals surface area contributed by atoms with Crippen molar-refractivity contribution >= 4 is 12.4 Å². The third kappa shape index (κ3) is 3.28. The van der Waals surface area contributed by atoms with Crippen molar-refractivity contribution in [2.75, 3.05) is 0 Å². The summed E-state index contributed by atoms with van der Waals surface area (Å²) in [6, 6.07) is 16.7. The highest BCUT2D eigenvalue weighted by Gasteiger charge is 1.93. The molecule has 2 aromatic rings. The van der Waals surface area contributed by atoms with Gasteiger partial charge < -0.3 is 5.11 Å². The van der Waals surface area contributed by atoms with Gasteiger partial charge in [0.25, 0.3) is 0 Å². The molecule has 2 rings (SSSR count). The monoisotopic (exact) mass is 224 g/mol. The predicted molar refractivity (Wildman–Crippen MR) is 69.7 cm³/mol. The lowest BCUT2D eigenvalue weighted by Crippen LogP contribution is -1.81. The number of benzene rings is 2. The topological polar surface area (TPSA) is 45.0 Å². The molecule has 0 atom stereocenters. The minimum Gasteiger partial charge on any atom is -0.507 e. The molecule has 0 fully saturated rings. The van der Waals surface area contributed by atoms with Gasteiger partial charge in [0.1, 0.15) is 5.75 Å². The predicted octanol–water partition coefficient (Wildman–Crippen LogP) is 2.85. The van der Waals surface area contributed by atoms with E-state index in [-0.39, 0.29) is 5.75 Å². The summed E-state index contributed by atoms with van der Waals surface area (Å²) < 4.78 is 0. The molecule has 0 saturated heterocycles. The van der Waals surface area contributed by atoms with E-state index >= 15 is 0 Å². The third-order valence-electron chi connectivity index (χ3n) is 2.21. The minimum atomic E-state index is 0.200. The van der Waals surface area contributed by atoms with Gasteiger partial charge in [-0.1, -0.05) is 42.5 Å². The molecule has 0 spiro atoms. The maximum absolute atomic E-state index is 9.48. The number of hydrogen-bond acceptors (Lipinski definition) is 3. The summed E-state index contributed by atoms with van der Waals surface area (Å²) in [4.78, 5) is 0. The molecular weight excluding hydrogens is 212 g/mol. The van der Waals surface area contributed by atoms with Crippen molar-refractivity contribution in [3.63, 3.8) is 0 Å². The highest BCUT2D eigenvalue weighted by atomic mass is 16.3. The first kappa shape index (κ1) is 11.1. The molecule has 0 saturated carbocycles. The van der Waals surface area contributed by atoms with E-state index in [0.717, 1.165) is 5.56 Å². The SMILES string of the molecule is Oc1ccccc1/C=N/N=C\c1ccccc1. The summed E-state index contributed by atoms with van der Waals surface area (Å²) in [5.41, 5.74) is 1.64. The zero-order chi connectivity index (χ0) is 11.9. The lowest BCUT2D eigenvalue weighted by atomic mass is 10.2. The van der Waals surface area contributed by atoms with Crippen LogP contribution in [0.4, 0.5) is 0 Å².